The Balaban J connectivity index is 1.65. The third kappa shape index (κ3) is 7.46. The van der Waals surface area contributed by atoms with Gasteiger partial charge in [-0.25, -0.2) is 9.97 Å². The molecule has 0 unspecified atom stereocenters. The summed E-state index contributed by atoms with van der Waals surface area (Å²) in [6, 6.07) is 20.5. The molecular formula is C30H33N5O2S2. The average Bonchev–Trinajstić information content (AvgIpc) is 3.42. The lowest BCUT2D eigenvalue weighted by atomic mass is 10.1. The first kappa shape index (κ1) is 28.3. The molecule has 0 aliphatic carbocycles. The van der Waals surface area contributed by atoms with E-state index in [0.717, 1.165) is 33.1 Å². The molecule has 2 aromatic carbocycles. The van der Waals surface area contributed by atoms with E-state index in [0.29, 0.717) is 17.4 Å². The maximum absolute atomic E-state index is 13.9. The summed E-state index contributed by atoms with van der Waals surface area (Å²) in [5.41, 5.74) is 5.46. The SMILES string of the molecule is Cc1cc(C)nc(SCC(=O)N(Cc2ccccc2C)[C@H](C(=O)Nc2ccc(N(C)C)cc2)c2cccs2)n1. The zero-order valence-corrected chi connectivity index (χ0v) is 24.5. The van der Waals surface area contributed by atoms with Crippen molar-refractivity contribution in [1.29, 1.82) is 0 Å². The predicted octanol–water partition coefficient (Wildman–Crippen LogP) is 6.03. The Morgan fingerprint density at radius 3 is 2.26 bits per heavy atom. The number of aryl methyl sites for hydroxylation is 3. The number of carbonyl (C=O) groups is 2. The molecule has 202 valence electrons. The molecule has 0 fully saturated rings. The van der Waals surface area contributed by atoms with Crippen LogP contribution in [0.4, 0.5) is 11.4 Å². The summed E-state index contributed by atoms with van der Waals surface area (Å²) in [6.07, 6.45) is 0. The number of carbonyl (C=O) groups excluding carboxylic acids is 2. The van der Waals surface area contributed by atoms with Crippen LogP contribution in [0, 0.1) is 20.8 Å². The van der Waals surface area contributed by atoms with Crippen molar-refractivity contribution in [3.63, 3.8) is 0 Å². The van der Waals surface area contributed by atoms with E-state index in [1.807, 2.05) is 112 Å². The monoisotopic (exact) mass is 559 g/mol. The summed E-state index contributed by atoms with van der Waals surface area (Å²) in [4.78, 5) is 41.2. The maximum atomic E-state index is 13.9. The molecule has 0 bridgehead atoms. The molecule has 2 heterocycles. The van der Waals surface area contributed by atoms with Gasteiger partial charge in [-0.3, -0.25) is 9.59 Å². The fourth-order valence-corrected chi connectivity index (χ4v) is 5.86. The molecule has 4 aromatic rings. The number of benzene rings is 2. The van der Waals surface area contributed by atoms with Crippen LogP contribution in [0.3, 0.4) is 0 Å². The van der Waals surface area contributed by atoms with E-state index >= 15 is 0 Å². The number of hydrogen-bond donors (Lipinski definition) is 1. The van der Waals surface area contributed by atoms with Crippen LogP contribution in [0.15, 0.2) is 77.3 Å². The van der Waals surface area contributed by atoms with Crippen molar-refractivity contribution in [3.05, 3.63) is 99.5 Å². The summed E-state index contributed by atoms with van der Waals surface area (Å²) in [5.74, 6) is -0.311. The lowest BCUT2D eigenvalue weighted by Gasteiger charge is -2.31. The van der Waals surface area contributed by atoms with E-state index < -0.39 is 6.04 Å². The van der Waals surface area contributed by atoms with Gasteiger partial charge in [0, 0.05) is 48.3 Å². The van der Waals surface area contributed by atoms with Crippen molar-refractivity contribution in [2.45, 2.75) is 38.5 Å². The molecule has 2 amide bonds. The number of amides is 2. The molecule has 9 heteroatoms. The fourth-order valence-electron chi connectivity index (χ4n) is 4.19. The molecular weight excluding hydrogens is 526 g/mol. The minimum absolute atomic E-state index is 0.113. The standard InChI is InChI=1S/C30H33N5O2S2/c1-20-9-6-7-10-23(20)18-35(27(36)19-39-30-31-21(2)17-22(3)32-30)28(26-11-8-16-38-26)29(37)33-24-12-14-25(15-13-24)34(4)5/h6-17,28H,18-19H2,1-5H3,(H,33,37)/t28-/m0/s1. The van der Waals surface area contributed by atoms with Crippen LogP contribution in [0.2, 0.25) is 0 Å². The van der Waals surface area contributed by atoms with Crippen LogP contribution < -0.4 is 10.2 Å². The smallest absolute Gasteiger partial charge is 0.252 e. The first-order valence-electron chi connectivity index (χ1n) is 12.6. The summed E-state index contributed by atoms with van der Waals surface area (Å²) in [7, 11) is 3.94. The van der Waals surface area contributed by atoms with Crippen LogP contribution in [-0.2, 0) is 16.1 Å². The molecule has 0 saturated heterocycles. The van der Waals surface area contributed by atoms with Crippen molar-refractivity contribution in [3.8, 4) is 0 Å². The van der Waals surface area contributed by atoms with E-state index in [4.69, 9.17) is 0 Å². The second-order valence-electron chi connectivity index (χ2n) is 9.52. The summed E-state index contributed by atoms with van der Waals surface area (Å²) < 4.78 is 0. The second kappa shape index (κ2) is 12.9. The number of thiophene rings is 1. The molecule has 0 spiro atoms. The first-order chi connectivity index (χ1) is 18.7. The highest BCUT2D eigenvalue weighted by atomic mass is 32.2. The van der Waals surface area contributed by atoms with Gasteiger partial charge in [-0.1, -0.05) is 42.1 Å². The molecule has 1 atom stereocenters. The quantitative estimate of drug-likeness (QED) is 0.189. The zero-order chi connectivity index (χ0) is 27.9. The number of hydrogen-bond acceptors (Lipinski definition) is 7. The second-order valence-corrected chi connectivity index (χ2v) is 11.4. The number of thioether (sulfide) groups is 1. The Hall–Kier alpha value is -3.69. The van der Waals surface area contributed by atoms with Crippen molar-refractivity contribution >= 4 is 46.3 Å². The van der Waals surface area contributed by atoms with E-state index in [1.165, 1.54) is 23.1 Å². The molecule has 7 nitrogen and oxygen atoms in total. The fraction of sp³-hybridized carbons (Fsp3) is 0.267. The largest absolute Gasteiger partial charge is 0.378 e. The molecule has 0 aliphatic heterocycles. The highest BCUT2D eigenvalue weighted by Crippen LogP contribution is 2.31. The van der Waals surface area contributed by atoms with Crippen molar-refractivity contribution in [2.75, 3.05) is 30.1 Å². The normalized spacial score (nSPS) is 11.6. The Morgan fingerprint density at radius 1 is 0.949 bits per heavy atom. The minimum atomic E-state index is -0.800. The minimum Gasteiger partial charge on any atom is -0.378 e. The molecule has 2 aromatic heterocycles. The Morgan fingerprint density at radius 2 is 1.64 bits per heavy atom. The highest BCUT2D eigenvalue weighted by Gasteiger charge is 2.33. The summed E-state index contributed by atoms with van der Waals surface area (Å²) in [6.45, 7) is 6.14. The summed E-state index contributed by atoms with van der Waals surface area (Å²) >= 11 is 2.75. The molecule has 0 saturated carbocycles. The highest BCUT2D eigenvalue weighted by molar-refractivity contribution is 7.99. The third-order valence-corrected chi connectivity index (χ3v) is 7.99. The van der Waals surface area contributed by atoms with Gasteiger partial charge in [0.2, 0.25) is 5.91 Å². The van der Waals surface area contributed by atoms with E-state index in [9.17, 15) is 9.59 Å². The maximum Gasteiger partial charge on any atom is 0.252 e. The van der Waals surface area contributed by atoms with Crippen LogP contribution in [-0.4, -0.2) is 46.5 Å². The Bertz CT molecular complexity index is 1400. The number of nitrogens with zero attached hydrogens (tertiary/aromatic N) is 4. The van der Waals surface area contributed by atoms with E-state index in [2.05, 4.69) is 15.3 Å². The summed E-state index contributed by atoms with van der Waals surface area (Å²) in [5, 5.41) is 5.52. The van der Waals surface area contributed by atoms with Gasteiger partial charge in [-0.2, -0.15) is 0 Å². The molecule has 4 rings (SSSR count). The topological polar surface area (TPSA) is 78.4 Å². The molecule has 1 N–H and O–H groups in total. The lowest BCUT2D eigenvalue weighted by Crippen LogP contribution is -2.41. The van der Waals surface area contributed by atoms with Gasteiger partial charge in [0.15, 0.2) is 5.16 Å². The number of nitrogens with one attached hydrogen (secondary N) is 1. The van der Waals surface area contributed by atoms with Crippen LogP contribution >= 0.6 is 23.1 Å². The predicted molar refractivity (Wildman–Crippen MR) is 160 cm³/mol. The van der Waals surface area contributed by atoms with Crippen LogP contribution in [0.1, 0.15) is 33.4 Å². The van der Waals surface area contributed by atoms with Gasteiger partial charge in [0.05, 0.1) is 5.75 Å². The van der Waals surface area contributed by atoms with Crippen molar-refractivity contribution in [1.82, 2.24) is 14.9 Å². The number of rotatable bonds is 10. The van der Waals surface area contributed by atoms with E-state index in [1.54, 1.807) is 4.90 Å². The van der Waals surface area contributed by atoms with Gasteiger partial charge in [0.1, 0.15) is 6.04 Å². The Labute approximate surface area is 238 Å². The number of aromatic nitrogens is 2. The van der Waals surface area contributed by atoms with Crippen LogP contribution in [0.5, 0.6) is 0 Å². The van der Waals surface area contributed by atoms with E-state index in [-0.39, 0.29) is 17.6 Å². The lowest BCUT2D eigenvalue weighted by molar-refractivity contribution is -0.137. The zero-order valence-electron chi connectivity index (χ0n) is 22.8. The first-order valence-corrected chi connectivity index (χ1v) is 14.5. The van der Waals surface area contributed by atoms with Crippen molar-refractivity contribution in [2.24, 2.45) is 0 Å². The van der Waals surface area contributed by atoms with Gasteiger partial charge in [-0.05, 0) is 73.7 Å². The van der Waals surface area contributed by atoms with Gasteiger partial charge < -0.3 is 15.1 Å². The average molecular weight is 560 g/mol. The van der Waals surface area contributed by atoms with Crippen LogP contribution in [0.25, 0.3) is 0 Å². The van der Waals surface area contributed by atoms with Gasteiger partial charge >= 0.3 is 0 Å². The third-order valence-electron chi connectivity index (χ3n) is 6.23. The Kier molecular flexibility index (Phi) is 9.37. The van der Waals surface area contributed by atoms with Gasteiger partial charge in [0.25, 0.3) is 5.91 Å². The molecule has 0 aliphatic rings. The van der Waals surface area contributed by atoms with Gasteiger partial charge in [-0.15, -0.1) is 11.3 Å². The number of anilines is 2. The molecule has 0 radical (unpaired) electrons. The van der Waals surface area contributed by atoms with Crippen molar-refractivity contribution < 1.29 is 9.59 Å². The molecule has 39 heavy (non-hydrogen) atoms.